The molecule has 1 saturated heterocycles. The Labute approximate surface area is 184 Å². The number of anilines is 2. The molecule has 2 amide bonds. The first-order valence-electron chi connectivity index (χ1n) is 10.5. The zero-order chi connectivity index (χ0) is 22.9. The van der Waals surface area contributed by atoms with Crippen LogP contribution < -0.4 is 11.1 Å². The molecule has 32 heavy (non-hydrogen) atoms. The molecule has 0 spiro atoms. The number of hydrogen-bond donors (Lipinski definition) is 2. The maximum Gasteiger partial charge on any atom is 0.409 e. The Kier molecular flexibility index (Phi) is 5.74. The van der Waals surface area contributed by atoms with Gasteiger partial charge in [-0.05, 0) is 43.5 Å². The Balaban J connectivity index is 1.54. The van der Waals surface area contributed by atoms with E-state index in [0.29, 0.717) is 25.3 Å². The predicted octanol–water partition coefficient (Wildman–Crippen LogP) is 3.19. The molecule has 2 aromatic rings. The minimum absolute atomic E-state index is 0.0827. The monoisotopic (exact) mass is 440 g/mol. The molecule has 9 nitrogen and oxygen atoms in total. The number of primary amides is 1. The summed E-state index contributed by atoms with van der Waals surface area (Å²) >= 11 is 0. The summed E-state index contributed by atoms with van der Waals surface area (Å²) < 4.78 is 20.2. The third-order valence-electron chi connectivity index (χ3n) is 6.10. The second-order valence-corrected chi connectivity index (χ2v) is 8.77. The van der Waals surface area contributed by atoms with E-state index in [-0.39, 0.29) is 23.3 Å². The summed E-state index contributed by atoms with van der Waals surface area (Å²) in [6.45, 7) is 3.10. The molecule has 2 aliphatic rings. The van der Waals surface area contributed by atoms with Crippen LogP contribution in [0.5, 0.6) is 0 Å². The number of likely N-dealkylation sites (tertiary alicyclic amines) is 1. The number of ether oxygens (including phenoxy) is 1. The van der Waals surface area contributed by atoms with Gasteiger partial charge in [-0.15, -0.1) is 0 Å². The molecule has 168 valence electrons. The van der Waals surface area contributed by atoms with Crippen LogP contribution in [0.15, 0.2) is 30.5 Å². The molecular weight excluding hydrogens is 415 g/mol. The number of carbonyl (C=O) groups excluding carboxylic acids is 2. The van der Waals surface area contributed by atoms with Crippen LogP contribution in [0.2, 0.25) is 0 Å². The van der Waals surface area contributed by atoms with E-state index in [1.165, 1.54) is 35.1 Å². The van der Waals surface area contributed by atoms with E-state index in [4.69, 9.17) is 10.5 Å². The van der Waals surface area contributed by atoms with E-state index in [2.05, 4.69) is 23.4 Å². The van der Waals surface area contributed by atoms with Gasteiger partial charge in [0, 0.05) is 30.4 Å². The standard InChI is InChI=1S/C22H25FN6O3/c1-22(7-8-22)13-32-21(31)28-9-6-14(10-24)18(12-28)29-11-17(19(25)30)20(27-29)26-16-4-2-15(23)3-5-16/h2-5,11,14,18H,6-9,12-13H2,1H3,(H2,25,30)(H,26,27). The number of hydrogen-bond acceptors (Lipinski definition) is 6. The smallest absolute Gasteiger partial charge is 0.409 e. The summed E-state index contributed by atoms with van der Waals surface area (Å²) in [4.78, 5) is 26.1. The van der Waals surface area contributed by atoms with E-state index in [0.717, 1.165) is 12.8 Å². The Morgan fingerprint density at radius 3 is 2.72 bits per heavy atom. The third-order valence-corrected chi connectivity index (χ3v) is 6.10. The average molecular weight is 440 g/mol. The van der Waals surface area contributed by atoms with Crippen LogP contribution in [-0.2, 0) is 4.74 Å². The molecule has 3 N–H and O–H groups in total. The van der Waals surface area contributed by atoms with Gasteiger partial charge >= 0.3 is 6.09 Å². The lowest BCUT2D eigenvalue weighted by atomic mass is 9.93. The summed E-state index contributed by atoms with van der Waals surface area (Å²) in [5.74, 6) is -1.29. The normalized spacial score (nSPS) is 21.5. The minimum Gasteiger partial charge on any atom is -0.449 e. The summed E-state index contributed by atoms with van der Waals surface area (Å²) in [6, 6.07) is 7.38. The molecule has 4 rings (SSSR count). The SMILES string of the molecule is CC1(COC(=O)N2CCC(C#N)C(n3cc(C(N)=O)c(Nc4ccc(F)cc4)n3)C2)CC1. The van der Waals surface area contributed by atoms with Crippen LogP contribution >= 0.6 is 0 Å². The van der Waals surface area contributed by atoms with Crippen molar-refractivity contribution in [2.24, 2.45) is 17.1 Å². The van der Waals surface area contributed by atoms with E-state index < -0.39 is 29.8 Å². The lowest BCUT2D eigenvalue weighted by Gasteiger charge is -2.35. The van der Waals surface area contributed by atoms with Crippen molar-refractivity contribution in [1.29, 1.82) is 5.26 Å². The Morgan fingerprint density at radius 2 is 2.09 bits per heavy atom. The number of nitrogens with zero attached hydrogens (tertiary/aromatic N) is 4. The molecule has 2 unspecified atom stereocenters. The summed E-state index contributed by atoms with van der Waals surface area (Å²) in [6.07, 6.45) is 3.62. The number of rotatable bonds is 6. The lowest BCUT2D eigenvalue weighted by Crippen LogP contribution is -2.45. The summed E-state index contributed by atoms with van der Waals surface area (Å²) in [7, 11) is 0. The van der Waals surface area contributed by atoms with E-state index in [1.54, 1.807) is 4.90 Å². The molecule has 1 aromatic heterocycles. The van der Waals surface area contributed by atoms with Crippen LogP contribution in [0.1, 0.15) is 42.6 Å². The average Bonchev–Trinajstić information content (AvgIpc) is 3.37. The van der Waals surface area contributed by atoms with Crippen molar-refractivity contribution in [3.05, 3.63) is 41.8 Å². The van der Waals surface area contributed by atoms with Crippen molar-refractivity contribution in [1.82, 2.24) is 14.7 Å². The van der Waals surface area contributed by atoms with Gasteiger partial charge in [-0.1, -0.05) is 6.92 Å². The first kappa shape index (κ1) is 21.6. The third kappa shape index (κ3) is 4.66. The van der Waals surface area contributed by atoms with Gasteiger partial charge in [0.2, 0.25) is 0 Å². The van der Waals surface area contributed by atoms with Gasteiger partial charge < -0.3 is 20.7 Å². The first-order valence-corrected chi connectivity index (χ1v) is 10.5. The summed E-state index contributed by atoms with van der Waals surface area (Å²) in [5.41, 5.74) is 6.26. The van der Waals surface area contributed by atoms with Crippen molar-refractivity contribution in [3.8, 4) is 6.07 Å². The Bertz CT molecular complexity index is 1060. The first-order chi connectivity index (χ1) is 15.3. The fourth-order valence-electron chi connectivity index (χ4n) is 3.71. The van der Waals surface area contributed by atoms with Gasteiger partial charge in [0.1, 0.15) is 11.4 Å². The number of amides is 2. The maximum absolute atomic E-state index is 13.2. The summed E-state index contributed by atoms with van der Waals surface area (Å²) in [5, 5.41) is 17.0. The predicted molar refractivity (Wildman–Crippen MR) is 113 cm³/mol. The van der Waals surface area contributed by atoms with Crippen molar-refractivity contribution in [2.75, 3.05) is 25.0 Å². The number of benzene rings is 1. The van der Waals surface area contributed by atoms with Crippen LogP contribution in [0, 0.1) is 28.5 Å². The number of halogens is 1. The van der Waals surface area contributed by atoms with Gasteiger partial charge in [-0.25, -0.2) is 9.18 Å². The fraction of sp³-hybridized carbons (Fsp3) is 0.455. The number of aromatic nitrogens is 2. The zero-order valence-corrected chi connectivity index (χ0v) is 17.8. The lowest BCUT2D eigenvalue weighted by molar-refractivity contribution is 0.0641. The largest absolute Gasteiger partial charge is 0.449 e. The quantitative estimate of drug-likeness (QED) is 0.710. The Hall–Kier alpha value is -3.61. The molecule has 1 aliphatic heterocycles. The van der Waals surface area contributed by atoms with Crippen LogP contribution in [0.3, 0.4) is 0 Å². The van der Waals surface area contributed by atoms with Crippen molar-refractivity contribution < 1.29 is 18.7 Å². The highest BCUT2D eigenvalue weighted by Crippen LogP contribution is 2.45. The van der Waals surface area contributed by atoms with Crippen molar-refractivity contribution in [2.45, 2.75) is 32.2 Å². The number of piperidine rings is 1. The highest BCUT2D eigenvalue weighted by Gasteiger charge is 2.40. The van der Waals surface area contributed by atoms with E-state index >= 15 is 0 Å². The number of carbonyl (C=O) groups is 2. The van der Waals surface area contributed by atoms with Gasteiger partial charge in [0.25, 0.3) is 5.91 Å². The molecule has 2 atom stereocenters. The fourth-order valence-corrected chi connectivity index (χ4v) is 3.71. The van der Waals surface area contributed by atoms with Gasteiger partial charge in [0.05, 0.1) is 24.6 Å². The number of nitriles is 1. The topological polar surface area (TPSA) is 126 Å². The van der Waals surface area contributed by atoms with E-state index in [1.807, 2.05) is 0 Å². The highest BCUT2D eigenvalue weighted by molar-refractivity contribution is 5.98. The van der Waals surface area contributed by atoms with Gasteiger partial charge in [-0.2, -0.15) is 10.4 Å². The molecule has 0 bridgehead atoms. The number of nitrogens with one attached hydrogen (secondary N) is 1. The maximum atomic E-state index is 13.2. The molecule has 2 fully saturated rings. The molecule has 1 aliphatic carbocycles. The van der Waals surface area contributed by atoms with E-state index in [9.17, 15) is 19.2 Å². The van der Waals surface area contributed by atoms with Crippen LogP contribution in [0.4, 0.5) is 20.7 Å². The molecule has 2 heterocycles. The number of nitrogens with two attached hydrogens (primary N) is 1. The second-order valence-electron chi connectivity index (χ2n) is 8.77. The molecule has 10 heteroatoms. The highest BCUT2D eigenvalue weighted by atomic mass is 19.1. The van der Waals surface area contributed by atoms with Gasteiger partial charge in [0.15, 0.2) is 5.82 Å². The molecular formula is C22H25FN6O3. The second kappa shape index (κ2) is 8.49. The van der Waals surface area contributed by atoms with Crippen LogP contribution in [-0.4, -0.2) is 46.4 Å². The molecule has 1 saturated carbocycles. The zero-order valence-electron chi connectivity index (χ0n) is 17.8. The minimum atomic E-state index is -0.695. The van der Waals surface area contributed by atoms with Crippen LogP contribution in [0.25, 0.3) is 0 Å². The van der Waals surface area contributed by atoms with Gasteiger partial charge in [-0.3, -0.25) is 9.48 Å². The Morgan fingerprint density at radius 1 is 1.38 bits per heavy atom. The van der Waals surface area contributed by atoms with Crippen molar-refractivity contribution >= 4 is 23.5 Å². The molecule has 0 radical (unpaired) electrons. The molecule has 1 aromatic carbocycles. The van der Waals surface area contributed by atoms with Crippen molar-refractivity contribution in [3.63, 3.8) is 0 Å².